The quantitative estimate of drug-likeness (QED) is 0.499. The number of methoxy groups -OCH3 is 1. The molecule has 0 aromatic heterocycles. The lowest BCUT2D eigenvalue weighted by atomic mass is 10.0. The molecule has 3 rings (SSSR count). The van der Waals surface area contributed by atoms with Gasteiger partial charge in [-0.15, -0.1) is 0 Å². The summed E-state index contributed by atoms with van der Waals surface area (Å²) in [7, 11) is 3.57. The number of aliphatic imine (C=N–C) groups is 1. The number of nitrogens with zero attached hydrogens (tertiary/aromatic N) is 3. The van der Waals surface area contributed by atoms with Crippen molar-refractivity contribution < 1.29 is 9.47 Å². The fraction of sp³-hybridized carbons (Fsp3) is 0.696. The van der Waals surface area contributed by atoms with Gasteiger partial charge in [0.15, 0.2) is 5.96 Å². The Morgan fingerprint density at radius 3 is 2.47 bits per heavy atom. The zero-order valence-electron chi connectivity index (χ0n) is 18.9. The molecule has 168 valence electrons. The number of piperidine rings is 1. The van der Waals surface area contributed by atoms with E-state index in [1.807, 2.05) is 19.2 Å². The lowest BCUT2D eigenvalue weighted by Gasteiger charge is -2.36. The molecule has 2 heterocycles. The van der Waals surface area contributed by atoms with Crippen molar-refractivity contribution >= 4 is 5.96 Å². The van der Waals surface area contributed by atoms with Crippen molar-refractivity contribution in [3.8, 4) is 5.75 Å². The van der Waals surface area contributed by atoms with Crippen LogP contribution in [0.1, 0.15) is 37.8 Å². The number of guanidine groups is 1. The predicted molar refractivity (Wildman–Crippen MR) is 122 cm³/mol. The molecule has 2 saturated heterocycles. The third kappa shape index (κ3) is 6.59. The van der Waals surface area contributed by atoms with Crippen LogP contribution in [0.4, 0.5) is 0 Å². The van der Waals surface area contributed by atoms with Gasteiger partial charge in [0.25, 0.3) is 0 Å². The highest BCUT2D eigenvalue weighted by Gasteiger charge is 2.24. The minimum absolute atomic E-state index is 0.268. The summed E-state index contributed by atoms with van der Waals surface area (Å²) < 4.78 is 10.9. The molecule has 0 aliphatic carbocycles. The molecule has 0 amide bonds. The standard InChI is InChI=1S/C23H39N5O2/c1-4-11-27-12-9-20(10-13-27)26-23(24-2)25-18-22(28-14-16-30-17-15-28)19-5-7-21(29-3)8-6-19/h5-8,20,22H,4,9-18H2,1-3H3,(H2,24,25,26). The number of rotatable bonds is 8. The second-order valence-electron chi connectivity index (χ2n) is 8.15. The molecule has 7 nitrogen and oxygen atoms in total. The van der Waals surface area contributed by atoms with Gasteiger partial charge in [0.05, 0.1) is 26.4 Å². The summed E-state index contributed by atoms with van der Waals surface area (Å²) in [5.41, 5.74) is 1.29. The molecular formula is C23H39N5O2. The first-order chi connectivity index (χ1) is 14.7. The number of morpholine rings is 1. The molecule has 0 spiro atoms. The Balaban J connectivity index is 1.57. The second kappa shape index (κ2) is 12.1. The SMILES string of the molecule is CCCN1CCC(NC(=NC)NCC(c2ccc(OC)cc2)N2CCOCC2)CC1. The molecule has 1 atom stereocenters. The Morgan fingerprint density at radius 1 is 1.17 bits per heavy atom. The monoisotopic (exact) mass is 417 g/mol. The van der Waals surface area contributed by atoms with Gasteiger partial charge in [0.2, 0.25) is 0 Å². The van der Waals surface area contributed by atoms with Crippen molar-refractivity contribution in [1.29, 1.82) is 0 Å². The maximum absolute atomic E-state index is 5.57. The molecule has 2 aliphatic heterocycles. The van der Waals surface area contributed by atoms with Crippen LogP contribution in [0.2, 0.25) is 0 Å². The van der Waals surface area contributed by atoms with Gasteiger partial charge >= 0.3 is 0 Å². The van der Waals surface area contributed by atoms with Gasteiger partial charge in [0, 0.05) is 45.8 Å². The molecule has 7 heteroatoms. The van der Waals surface area contributed by atoms with E-state index in [1.54, 1.807) is 7.11 Å². The first kappa shape index (κ1) is 22.8. The fourth-order valence-corrected chi connectivity index (χ4v) is 4.37. The van der Waals surface area contributed by atoms with Gasteiger partial charge in [-0.1, -0.05) is 19.1 Å². The molecule has 2 aliphatic rings. The zero-order valence-corrected chi connectivity index (χ0v) is 18.9. The van der Waals surface area contributed by atoms with Crippen molar-refractivity contribution in [3.63, 3.8) is 0 Å². The summed E-state index contributed by atoms with van der Waals surface area (Å²) in [5.74, 6) is 1.79. The van der Waals surface area contributed by atoms with E-state index < -0.39 is 0 Å². The van der Waals surface area contributed by atoms with E-state index in [4.69, 9.17) is 9.47 Å². The molecule has 1 aromatic carbocycles. The molecule has 2 N–H and O–H groups in total. The Bertz CT molecular complexity index is 637. The van der Waals surface area contributed by atoms with E-state index in [1.165, 1.54) is 44.5 Å². The highest BCUT2D eigenvalue weighted by Crippen LogP contribution is 2.23. The van der Waals surface area contributed by atoms with Crippen molar-refractivity contribution in [2.24, 2.45) is 4.99 Å². The van der Waals surface area contributed by atoms with Crippen molar-refractivity contribution in [3.05, 3.63) is 29.8 Å². The summed E-state index contributed by atoms with van der Waals surface area (Å²) >= 11 is 0. The highest BCUT2D eigenvalue weighted by molar-refractivity contribution is 5.80. The van der Waals surface area contributed by atoms with Gasteiger partial charge in [0.1, 0.15) is 5.75 Å². The molecule has 1 aromatic rings. The summed E-state index contributed by atoms with van der Waals surface area (Å²) in [6, 6.07) is 9.18. The van der Waals surface area contributed by atoms with Crippen molar-refractivity contribution in [2.45, 2.75) is 38.3 Å². The largest absolute Gasteiger partial charge is 0.497 e. The number of hydrogen-bond donors (Lipinski definition) is 2. The van der Waals surface area contributed by atoms with E-state index in [0.717, 1.165) is 44.6 Å². The van der Waals surface area contributed by atoms with E-state index >= 15 is 0 Å². The summed E-state index contributed by atoms with van der Waals surface area (Å²) in [5, 5.41) is 7.23. The average Bonchev–Trinajstić information content (AvgIpc) is 2.81. The van der Waals surface area contributed by atoms with Crippen LogP contribution in [0.5, 0.6) is 5.75 Å². The number of ether oxygens (including phenoxy) is 2. The molecular weight excluding hydrogens is 378 g/mol. The normalized spacial score (nSPS) is 20.7. The first-order valence-corrected chi connectivity index (χ1v) is 11.4. The topological polar surface area (TPSA) is 61.4 Å². The van der Waals surface area contributed by atoms with E-state index in [9.17, 15) is 0 Å². The highest BCUT2D eigenvalue weighted by atomic mass is 16.5. The lowest BCUT2D eigenvalue weighted by Crippen LogP contribution is -2.51. The van der Waals surface area contributed by atoms with Crippen LogP contribution < -0.4 is 15.4 Å². The van der Waals surface area contributed by atoms with Crippen LogP contribution in [0, 0.1) is 0 Å². The molecule has 0 saturated carbocycles. The Kier molecular flexibility index (Phi) is 9.24. The van der Waals surface area contributed by atoms with E-state index in [0.29, 0.717) is 6.04 Å². The maximum atomic E-state index is 5.57. The minimum atomic E-state index is 0.268. The van der Waals surface area contributed by atoms with Crippen LogP contribution in [-0.2, 0) is 4.74 Å². The smallest absolute Gasteiger partial charge is 0.191 e. The van der Waals surface area contributed by atoms with E-state index in [-0.39, 0.29) is 6.04 Å². The van der Waals surface area contributed by atoms with Gasteiger partial charge in [-0.3, -0.25) is 9.89 Å². The van der Waals surface area contributed by atoms with Crippen LogP contribution in [0.25, 0.3) is 0 Å². The predicted octanol–water partition coefficient (Wildman–Crippen LogP) is 2.11. The molecule has 30 heavy (non-hydrogen) atoms. The van der Waals surface area contributed by atoms with Crippen LogP contribution in [-0.4, -0.2) is 88.4 Å². The zero-order chi connectivity index (χ0) is 21.2. The third-order valence-corrected chi connectivity index (χ3v) is 6.14. The lowest BCUT2D eigenvalue weighted by molar-refractivity contribution is 0.0169. The Morgan fingerprint density at radius 2 is 1.87 bits per heavy atom. The number of nitrogens with one attached hydrogen (secondary N) is 2. The first-order valence-electron chi connectivity index (χ1n) is 11.4. The molecule has 0 bridgehead atoms. The number of likely N-dealkylation sites (tertiary alicyclic amines) is 1. The third-order valence-electron chi connectivity index (χ3n) is 6.14. The van der Waals surface area contributed by atoms with Gasteiger partial charge in [-0.05, 0) is 43.5 Å². The van der Waals surface area contributed by atoms with Gasteiger partial charge < -0.3 is 25.0 Å². The Labute approximate surface area is 181 Å². The number of benzene rings is 1. The van der Waals surface area contributed by atoms with Crippen molar-refractivity contribution in [2.75, 3.05) is 66.6 Å². The molecule has 0 radical (unpaired) electrons. The second-order valence-corrected chi connectivity index (χ2v) is 8.15. The average molecular weight is 418 g/mol. The van der Waals surface area contributed by atoms with Crippen LogP contribution in [0.15, 0.2) is 29.3 Å². The van der Waals surface area contributed by atoms with Crippen molar-refractivity contribution in [1.82, 2.24) is 20.4 Å². The van der Waals surface area contributed by atoms with E-state index in [2.05, 4.69) is 44.5 Å². The minimum Gasteiger partial charge on any atom is -0.497 e. The fourth-order valence-electron chi connectivity index (χ4n) is 4.37. The molecule has 2 fully saturated rings. The maximum Gasteiger partial charge on any atom is 0.191 e. The summed E-state index contributed by atoms with van der Waals surface area (Å²) in [6.45, 7) is 10.1. The summed E-state index contributed by atoms with van der Waals surface area (Å²) in [4.78, 5) is 9.55. The number of hydrogen-bond acceptors (Lipinski definition) is 5. The van der Waals surface area contributed by atoms with Gasteiger partial charge in [-0.2, -0.15) is 0 Å². The summed E-state index contributed by atoms with van der Waals surface area (Å²) in [6.07, 6.45) is 3.58. The van der Waals surface area contributed by atoms with Crippen LogP contribution in [0.3, 0.4) is 0 Å². The molecule has 1 unspecified atom stereocenters. The Hall–Kier alpha value is -1.83. The van der Waals surface area contributed by atoms with Gasteiger partial charge in [-0.25, -0.2) is 0 Å². The van der Waals surface area contributed by atoms with Crippen LogP contribution >= 0.6 is 0 Å².